The number of nitrogens with one attached hydrogen (secondary N) is 1. The fourth-order valence-corrected chi connectivity index (χ4v) is 5.69. The van der Waals surface area contributed by atoms with E-state index < -0.39 is 0 Å². The van der Waals surface area contributed by atoms with Gasteiger partial charge in [-0.1, -0.05) is 6.42 Å². The number of hydrogen-bond donors (Lipinski definition) is 1. The average Bonchev–Trinajstić information content (AvgIpc) is 3.47. The number of aromatic nitrogens is 1. The van der Waals surface area contributed by atoms with Crippen molar-refractivity contribution in [1.29, 1.82) is 0 Å². The minimum absolute atomic E-state index is 0. The Bertz CT molecular complexity index is 639. The van der Waals surface area contributed by atoms with Crippen LogP contribution < -0.4 is 10.2 Å². The van der Waals surface area contributed by atoms with Gasteiger partial charge in [0, 0.05) is 58.1 Å². The fourth-order valence-electron chi connectivity index (χ4n) is 4.78. The van der Waals surface area contributed by atoms with Gasteiger partial charge in [0.1, 0.15) is 0 Å². The summed E-state index contributed by atoms with van der Waals surface area (Å²) in [5, 5.41) is 7.01. The minimum Gasteiger partial charge on any atom is -0.356 e. The predicted molar refractivity (Wildman–Crippen MR) is 134 cm³/mol. The van der Waals surface area contributed by atoms with Crippen LogP contribution in [0.1, 0.15) is 44.2 Å². The first kappa shape index (κ1) is 23.1. The lowest BCUT2D eigenvalue weighted by molar-refractivity contribution is 0.198. The number of hydrogen-bond acceptors (Lipinski definition) is 5. The van der Waals surface area contributed by atoms with E-state index in [0.717, 1.165) is 37.9 Å². The van der Waals surface area contributed by atoms with E-state index in [1.165, 1.54) is 82.1 Å². The third-order valence-electron chi connectivity index (χ3n) is 6.34. The van der Waals surface area contributed by atoms with Gasteiger partial charge in [0.2, 0.25) is 0 Å². The first-order valence-corrected chi connectivity index (χ1v) is 12.1. The van der Waals surface area contributed by atoms with Crippen LogP contribution in [0.3, 0.4) is 0 Å². The Morgan fingerprint density at radius 1 is 1.14 bits per heavy atom. The molecule has 1 unspecified atom stereocenters. The lowest BCUT2D eigenvalue weighted by atomic mass is 10.1. The first-order chi connectivity index (χ1) is 13.8. The van der Waals surface area contributed by atoms with Crippen molar-refractivity contribution >= 4 is 46.4 Å². The summed E-state index contributed by atoms with van der Waals surface area (Å²) in [5.41, 5.74) is 1.21. The number of rotatable bonds is 6. The third-order valence-corrected chi connectivity index (χ3v) is 7.29. The number of nitrogens with zero attached hydrogens (tertiary/aromatic N) is 5. The molecule has 164 valence electrons. The summed E-state index contributed by atoms with van der Waals surface area (Å²) in [4.78, 5) is 16.9. The van der Waals surface area contributed by atoms with Crippen LogP contribution >= 0.6 is 35.3 Å². The molecular formula is C21H37IN6S. The van der Waals surface area contributed by atoms with Gasteiger partial charge < -0.3 is 20.0 Å². The highest BCUT2D eigenvalue weighted by atomic mass is 127. The molecule has 1 atom stereocenters. The summed E-state index contributed by atoms with van der Waals surface area (Å²) in [6.07, 6.45) is 9.06. The van der Waals surface area contributed by atoms with Crippen molar-refractivity contribution < 1.29 is 0 Å². The molecule has 4 rings (SSSR count). The lowest BCUT2D eigenvalue weighted by Crippen LogP contribution is -2.42. The standard InChI is InChI=1S/C21H36N6S.HI/c1-22-20(27-14-8-18(16-27)15-25-10-3-2-4-11-25)23-9-7-19-17-28-21(24-19)26-12-5-6-13-26;/h17-18H,2-16H2,1H3,(H,22,23);1H. The van der Waals surface area contributed by atoms with Gasteiger partial charge in [0.15, 0.2) is 11.1 Å². The molecule has 29 heavy (non-hydrogen) atoms. The predicted octanol–water partition coefficient (Wildman–Crippen LogP) is 3.29. The van der Waals surface area contributed by atoms with Crippen molar-refractivity contribution in [2.75, 3.05) is 64.3 Å². The number of anilines is 1. The topological polar surface area (TPSA) is 47.0 Å². The molecule has 0 saturated carbocycles. The van der Waals surface area contributed by atoms with Crippen LogP contribution in [-0.2, 0) is 6.42 Å². The molecule has 4 heterocycles. The number of halogens is 1. The first-order valence-electron chi connectivity index (χ1n) is 11.2. The van der Waals surface area contributed by atoms with Gasteiger partial charge in [0.25, 0.3) is 0 Å². The summed E-state index contributed by atoms with van der Waals surface area (Å²) < 4.78 is 0. The van der Waals surface area contributed by atoms with E-state index in [0.29, 0.717) is 0 Å². The zero-order valence-corrected chi connectivity index (χ0v) is 21.0. The van der Waals surface area contributed by atoms with Crippen molar-refractivity contribution in [1.82, 2.24) is 20.1 Å². The molecule has 1 aromatic rings. The molecule has 8 heteroatoms. The highest BCUT2D eigenvalue weighted by molar-refractivity contribution is 14.0. The van der Waals surface area contributed by atoms with Gasteiger partial charge in [0.05, 0.1) is 5.69 Å². The second-order valence-electron chi connectivity index (χ2n) is 8.50. The maximum Gasteiger partial charge on any atom is 0.193 e. The van der Waals surface area contributed by atoms with Gasteiger partial charge >= 0.3 is 0 Å². The molecule has 0 aromatic carbocycles. The summed E-state index contributed by atoms with van der Waals surface area (Å²) in [7, 11) is 1.91. The highest BCUT2D eigenvalue weighted by Crippen LogP contribution is 2.24. The summed E-state index contributed by atoms with van der Waals surface area (Å²) in [6, 6.07) is 0. The molecule has 3 aliphatic heterocycles. The van der Waals surface area contributed by atoms with E-state index in [-0.39, 0.29) is 24.0 Å². The van der Waals surface area contributed by atoms with Crippen molar-refractivity contribution in [2.24, 2.45) is 10.9 Å². The van der Waals surface area contributed by atoms with E-state index in [1.54, 1.807) is 11.3 Å². The van der Waals surface area contributed by atoms with E-state index in [2.05, 4.69) is 30.4 Å². The molecule has 0 aliphatic carbocycles. The van der Waals surface area contributed by atoms with Gasteiger partial charge in [-0.2, -0.15) is 0 Å². The van der Waals surface area contributed by atoms with E-state index in [1.807, 2.05) is 7.05 Å². The number of piperidine rings is 1. The monoisotopic (exact) mass is 532 g/mol. The van der Waals surface area contributed by atoms with E-state index in [4.69, 9.17) is 4.98 Å². The quantitative estimate of drug-likeness (QED) is 0.346. The summed E-state index contributed by atoms with van der Waals surface area (Å²) in [6.45, 7) is 9.40. The lowest BCUT2D eigenvalue weighted by Gasteiger charge is -2.29. The van der Waals surface area contributed by atoms with Gasteiger partial charge in [-0.05, 0) is 51.1 Å². The zero-order valence-electron chi connectivity index (χ0n) is 17.8. The van der Waals surface area contributed by atoms with Crippen molar-refractivity contribution in [3.63, 3.8) is 0 Å². The molecule has 3 fully saturated rings. The Kier molecular flexibility index (Phi) is 9.30. The normalized spacial score (nSPS) is 23.5. The van der Waals surface area contributed by atoms with Crippen molar-refractivity contribution in [2.45, 2.75) is 44.9 Å². The molecule has 1 N–H and O–H groups in total. The van der Waals surface area contributed by atoms with Crippen LogP contribution in [0.4, 0.5) is 5.13 Å². The Hall–Kier alpha value is -0.610. The molecule has 0 amide bonds. The SMILES string of the molecule is CN=C(NCCc1csc(N2CCCC2)n1)N1CCC(CN2CCCCC2)C1.I. The molecular weight excluding hydrogens is 495 g/mol. The molecule has 3 saturated heterocycles. The Labute approximate surface area is 197 Å². The highest BCUT2D eigenvalue weighted by Gasteiger charge is 2.27. The Morgan fingerprint density at radius 3 is 2.66 bits per heavy atom. The molecule has 0 radical (unpaired) electrons. The summed E-state index contributed by atoms with van der Waals surface area (Å²) in [5.74, 6) is 1.86. The second kappa shape index (κ2) is 11.7. The van der Waals surface area contributed by atoms with E-state index >= 15 is 0 Å². The van der Waals surface area contributed by atoms with E-state index in [9.17, 15) is 0 Å². The van der Waals surface area contributed by atoms with Crippen LogP contribution in [-0.4, -0.2) is 80.1 Å². The minimum atomic E-state index is 0. The van der Waals surface area contributed by atoms with Gasteiger partial charge in [-0.15, -0.1) is 35.3 Å². The zero-order chi connectivity index (χ0) is 19.2. The molecule has 0 bridgehead atoms. The van der Waals surface area contributed by atoms with Crippen LogP contribution in [0.25, 0.3) is 0 Å². The number of thiazole rings is 1. The Balaban J connectivity index is 0.00000240. The number of aliphatic imine (C=N–C) groups is 1. The number of guanidine groups is 1. The second-order valence-corrected chi connectivity index (χ2v) is 9.34. The molecule has 3 aliphatic rings. The molecule has 0 spiro atoms. The third kappa shape index (κ3) is 6.43. The Morgan fingerprint density at radius 2 is 1.90 bits per heavy atom. The van der Waals surface area contributed by atoms with Crippen LogP contribution in [0.2, 0.25) is 0 Å². The largest absolute Gasteiger partial charge is 0.356 e. The fraction of sp³-hybridized carbons (Fsp3) is 0.810. The van der Waals surface area contributed by atoms with Crippen LogP contribution in [0.15, 0.2) is 10.4 Å². The number of likely N-dealkylation sites (tertiary alicyclic amines) is 2. The smallest absolute Gasteiger partial charge is 0.193 e. The molecule has 1 aromatic heterocycles. The summed E-state index contributed by atoms with van der Waals surface area (Å²) >= 11 is 1.80. The van der Waals surface area contributed by atoms with Crippen LogP contribution in [0.5, 0.6) is 0 Å². The van der Waals surface area contributed by atoms with Crippen LogP contribution in [0, 0.1) is 5.92 Å². The van der Waals surface area contributed by atoms with Crippen molar-refractivity contribution in [3.8, 4) is 0 Å². The maximum absolute atomic E-state index is 4.83. The van der Waals surface area contributed by atoms with Gasteiger partial charge in [-0.25, -0.2) is 4.98 Å². The van der Waals surface area contributed by atoms with Crippen molar-refractivity contribution in [3.05, 3.63) is 11.1 Å². The average molecular weight is 533 g/mol. The van der Waals surface area contributed by atoms with Gasteiger partial charge in [-0.3, -0.25) is 4.99 Å². The maximum atomic E-state index is 4.83. The molecule has 6 nitrogen and oxygen atoms in total.